The van der Waals surface area contributed by atoms with Crippen molar-refractivity contribution in [1.29, 1.82) is 5.26 Å². The molecule has 0 aromatic heterocycles. The quantitative estimate of drug-likeness (QED) is 0.678. The predicted octanol–water partition coefficient (Wildman–Crippen LogP) is 2.34. The summed E-state index contributed by atoms with van der Waals surface area (Å²) >= 11 is 0. The van der Waals surface area contributed by atoms with Gasteiger partial charge < -0.3 is 9.47 Å². The van der Waals surface area contributed by atoms with Gasteiger partial charge in [-0.3, -0.25) is 4.79 Å². The van der Waals surface area contributed by atoms with E-state index in [1.807, 2.05) is 6.07 Å². The van der Waals surface area contributed by atoms with Crippen LogP contribution in [0.4, 0.5) is 0 Å². The fourth-order valence-corrected chi connectivity index (χ4v) is 1.85. The summed E-state index contributed by atoms with van der Waals surface area (Å²) in [7, 11) is 3.03. The number of rotatable bonds is 5. The monoisotopic (exact) mass is 309 g/mol. The molecule has 2 aromatic rings. The van der Waals surface area contributed by atoms with E-state index in [1.54, 1.807) is 42.5 Å². The van der Waals surface area contributed by atoms with Gasteiger partial charge in [0.1, 0.15) is 0 Å². The van der Waals surface area contributed by atoms with Gasteiger partial charge in [0.25, 0.3) is 5.91 Å². The largest absolute Gasteiger partial charge is 0.493 e. The van der Waals surface area contributed by atoms with E-state index in [4.69, 9.17) is 14.7 Å². The Morgan fingerprint density at radius 1 is 1.13 bits per heavy atom. The number of carbonyl (C=O) groups excluding carboxylic acids is 1. The number of benzene rings is 2. The number of amides is 1. The van der Waals surface area contributed by atoms with E-state index in [0.717, 1.165) is 5.56 Å². The molecule has 2 rings (SSSR count). The number of nitriles is 1. The van der Waals surface area contributed by atoms with Gasteiger partial charge in [-0.1, -0.05) is 12.1 Å². The molecule has 1 N–H and O–H groups in total. The number of nitrogens with one attached hydrogen (secondary N) is 1. The van der Waals surface area contributed by atoms with Crippen molar-refractivity contribution < 1.29 is 14.3 Å². The Kier molecular flexibility index (Phi) is 5.31. The molecule has 0 saturated carbocycles. The summed E-state index contributed by atoms with van der Waals surface area (Å²) in [5.41, 5.74) is 4.18. The lowest BCUT2D eigenvalue weighted by Gasteiger charge is -2.08. The number of nitrogens with zero attached hydrogens (tertiary/aromatic N) is 2. The second-order valence-corrected chi connectivity index (χ2v) is 4.50. The Morgan fingerprint density at radius 3 is 2.43 bits per heavy atom. The van der Waals surface area contributed by atoms with Crippen molar-refractivity contribution >= 4 is 12.1 Å². The zero-order valence-corrected chi connectivity index (χ0v) is 12.7. The molecule has 0 spiro atoms. The second-order valence-electron chi connectivity index (χ2n) is 4.50. The minimum Gasteiger partial charge on any atom is -0.493 e. The summed E-state index contributed by atoms with van der Waals surface area (Å²) in [6.07, 6.45) is 1.50. The highest BCUT2D eigenvalue weighted by atomic mass is 16.5. The molecule has 23 heavy (non-hydrogen) atoms. The molecule has 0 unspecified atom stereocenters. The number of ether oxygens (including phenoxy) is 2. The lowest BCUT2D eigenvalue weighted by Crippen LogP contribution is -2.17. The van der Waals surface area contributed by atoms with Crippen molar-refractivity contribution in [1.82, 2.24) is 5.43 Å². The molecule has 0 saturated heterocycles. The van der Waals surface area contributed by atoms with Gasteiger partial charge in [0.15, 0.2) is 11.5 Å². The molecule has 6 heteroatoms. The number of hydrogen-bond acceptors (Lipinski definition) is 5. The third-order valence-corrected chi connectivity index (χ3v) is 3.07. The molecule has 0 heterocycles. The Morgan fingerprint density at radius 2 is 1.83 bits per heavy atom. The van der Waals surface area contributed by atoms with Gasteiger partial charge >= 0.3 is 0 Å². The van der Waals surface area contributed by atoms with Gasteiger partial charge in [-0.25, -0.2) is 5.43 Å². The van der Waals surface area contributed by atoms with Crippen LogP contribution < -0.4 is 14.9 Å². The first kappa shape index (κ1) is 16.0. The summed E-state index contributed by atoms with van der Waals surface area (Å²) in [5, 5.41) is 12.6. The van der Waals surface area contributed by atoms with Crippen LogP contribution in [0.2, 0.25) is 0 Å². The SMILES string of the molecule is COc1ccc(C(=O)NN=Cc2ccc(C#N)cc2)cc1OC. The van der Waals surface area contributed by atoms with Crippen LogP contribution in [0.5, 0.6) is 11.5 Å². The molecule has 0 aliphatic rings. The van der Waals surface area contributed by atoms with Crippen molar-refractivity contribution in [3.05, 3.63) is 59.2 Å². The molecule has 0 radical (unpaired) electrons. The van der Waals surface area contributed by atoms with Crippen LogP contribution in [0.15, 0.2) is 47.6 Å². The standard InChI is InChI=1S/C17H15N3O3/c1-22-15-8-7-14(9-16(15)23-2)17(21)20-19-11-13-5-3-12(10-18)4-6-13/h3-9,11H,1-2H3,(H,20,21). The molecule has 0 aliphatic carbocycles. The van der Waals surface area contributed by atoms with Crippen molar-refractivity contribution in [2.24, 2.45) is 5.10 Å². The highest BCUT2D eigenvalue weighted by Gasteiger charge is 2.09. The minimum atomic E-state index is -0.365. The van der Waals surface area contributed by atoms with E-state index in [-0.39, 0.29) is 5.91 Å². The molecule has 0 bridgehead atoms. The summed E-state index contributed by atoms with van der Waals surface area (Å²) in [5.74, 6) is 0.650. The molecule has 0 aliphatic heterocycles. The lowest BCUT2D eigenvalue weighted by molar-refractivity contribution is 0.0954. The molecule has 2 aromatic carbocycles. The maximum Gasteiger partial charge on any atom is 0.271 e. The van der Waals surface area contributed by atoms with Crippen LogP contribution in [0.3, 0.4) is 0 Å². The van der Waals surface area contributed by atoms with Crippen LogP contribution >= 0.6 is 0 Å². The third-order valence-electron chi connectivity index (χ3n) is 3.07. The Hall–Kier alpha value is -3.33. The fourth-order valence-electron chi connectivity index (χ4n) is 1.85. The average molecular weight is 309 g/mol. The molecule has 0 atom stereocenters. The van der Waals surface area contributed by atoms with Crippen molar-refractivity contribution in [3.63, 3.8) is 0 Å². The van der Waals surface area contributed by atoms with Crippen molar-refractivity contribution in [2.45, 2.75) is 0 Å². The molecule has 0 fully saturated rings. The van der Waals surface area contributed by atoms with Gasteiger partial charge in [0.05, 0.1) is 32.1 Å². The maximum absolute atomic E-state index is 12.0. The number of methoxy groups -OCH3 is 2. The third kappa shape index (κ3) is 4.08. The molecular weight excluding hydrogens is 294 g/mol. The zero-order valence-electron chi connectivity index (χ0n) is 12.7. The first-order chi connectivity index (χ1) is 11.2. The van der Waals surface area contributed by atoms with Crippen molar-refractivity contribution in [3.8, 4) is 17.6 Å². The van der Waals surface area contributed by atoms with Gasteiger partial charge in [-0.05, 0) is 35.9 Å². The fraction of sp³-hybridized carbons (Fsp3) is 0.118. The van der Waals surface area contributed by atoms with E-state index in [0.29, 0.717) is 22.6 Å². The minimum absolute atomic E-state index is 0.365. The van der Waals surface area contributed by atoms with E-state index in [9.17, 15) is 4.79 Å². The van der Waals surface area contributed by atoms with E-state index >= 15 is 0 Å². The topological polar surface area (TPSA) is 83.7 Å². The highest BCUT2D eigenvalue weighted by Crippen LogP contribution is 2.27. The smallest absolute Gasteiger partial charge is 0.271 e. The van der Waals surface area contributed by atoms with Crippen LogP contribution in [0, 0.1) is 11.3 Å². The zero-order chi connectivity index (χ0) is 16.7. The number of hydrazone groups is 1. The van der Waals surface area contributed by atoms with Gasteiger partial charge in [0, 0.05) is 5.56 Å². The Balaban J connectivity index is 2.04. The molecule has 116 valence electrons. The second kappa shape index (κ2) is 7.61. The lowest BCUT2D eigenvalue weighted by atomic mass is 10.2. The predicted molar refractivity (Wildman–Crippen MR) is 85.8 cm³/mol. The first-order valence-electron chi connectivity index (χ1n) is 6.73. The van der Waals surface area contributed by atoms with Crippen LogP contribution in [-0.2, 0) is 0 Å². The van der Waals surface area contributed by atoms with Crippen molar-refractivity contribution in [2.75, 3.05) is 14.2 Å². The first-order valence-corrected chi connectivity index (χ1v) is 6.73. The van der Waals surface area contributed by atoms with Gasteiger partial charge in [-0.15, -0.1) is 0 Å². The summed E-state index contributed by atoms with van der Waals surface area (Å²) in [6, 6.07) is 13.7. The van der Waals surface area contributed by atoms with Gasteiger partial charge in [-0.2, -0.15) is 10.4 Å². The average Bonchev–Trinajstić information content (AvgIpc) is 2.61. The molecule has 1 amide bonds. The summed E-state index contributed by atoms with van der Waals surface area (Å²) in [6.45, 7) is 0. The van der Waals surface area contributed by atoms with Crippen LogP contribution in [-0.4, -0.2) is 26.3 Å². The molecular formula is C17H15N3O3. The van der Waals surface area contributed by atoms with E-state index in [2.05, 4.69) is 10.5 Å². The Bertz CT molecular complexity index is 762. The van der Waals surface area contributed by atoms with E-state index < -0.39 is 0 Å². The molecule has 6 nitrogen and oxygen atoms in total. The van der Waals surface area contributed by atoms with Crippen LogP contribution in [0.1, 0.15) is 21.5 Å². The normalized spacial score (nSPS) is 10.1. The number of hydrogen-bond donors (Lipinski definition) is 1. The Labute approximate surface area is 134 Å². The number of carbonyl (C=O) groups is 1. The van der Waals surface area contributed by atoms with Gasteiger partial charge in [0.2, 0.25) is 0 Å². The summed E-state index contributed by atoms with van der Waals surface area (Å²) < 4.78 is 10.3. The maximum atomic E-state index is 12.0. The van der Waals surface area contributed by atoms with Crippen LogP contribution in [0.25, 0.3) is 0 Å². The highest BCUT2D eigenvalue weighted by molar-refractivity contribution is 5.95. The summed E-state index contributed by atoms with van der Waals surface area (Å²) in [4.78, 5) is 12.0. The van der Waals surface area contributed by atoms with E-state index in [1.165, 1.54) is 20.4 Å².